The second-order valence-corrected chi connectivity index (χ2v) is 8.22. The van der Waals surface area contributed by atoms with Crippen LogP contribution in [-0.2, 0) is 4.79 Å². The fraction of sp³-hybridized carbons (Fsp3) is 0.619. The Bertz CT molecular complexity index is 684. The third kappa shape index (κ3) is 5.53. The summed E-state index contributed by atoms with van der Waals surface area (Å²) in [6.07, 6.45) is 10.4. The number of nitrogens with zero attached hydrogens (tertiary/aromatic N) is 2. The smallest absolute Gasteiger partial charge is 0.326 e. The zero-order chi connectivity index (χ0) is 20.7. The highest BCUT2D eigenvalue weighted by molar-refractivity contribution is 5.92. The van der Waals surface area contributed by atoms with E-state index in [0.29, 0.717) is 12.1 Å². The number of aromatic nitrogens is 2. The molecule has 1 aliphatic rings. The first kappa shape index (κ1) is 21.9. The lowest BCUT2D eigenvalue weighted by atomic mass is 9.80. The Kier molecular flexibility index (Phi) is 7.54. The van der Waals surface area contributed by atoms with Gasteiger partial charge in [-0.2, -0.15) is 0 Å². The van der Waals surface area contributed by atoms with Gasteiger partial charge in [-0.25, -0.2) is 9.78 Å². The molecule has 1 aromatic heterocycles. The van der Waals surface area contributed by atoms with Crippen molar-refractivity contribution in [1.29, 1.82) is 0 Å². The lowest BCUT2D eigenvalue weighted by molar-refractivity contribution is -0.142. The number of amides is 1. The molecule has 2 rings (SSSR count). The molecule has 1 heterocycles. The summed E-state index contributed by atoms with van der Waals surface area (Å²) in [5.74, 6) is -1.03. The molecule has 154 valence electrons. The average molecular weight is 389 g/mol. The van der Waals surface area contributed by atoms with Gasteiger partial charge in [0.1, 0.15) is 11.7 Å². The van der Waals surface area contributed by atoms with Crippen LogP contribution in [0.4, 0.5) is 0 Å². The Morgan fingerprint density at radius 1 is 1.25 bits per heavy atom. The maximum Gasteiger partial charge on any atom is 0.326 e. The van der Waals surface area contributed by atoms with Gasteiger partial charge >= 0.3 is 5.97 Å². The second-order valence-electron chi connectivity index (χ2n) is 8.22. The number of hydrogen-bond donors (Lipinski definition) is 3. The largest absolute Gasteiger partial charge is 0.480 e. The van der Waals surface area contributed by atoms with E-state index in [4.69, 9.17) is 0 Å². The summed E-state index contributed by atoms with van der Waals surface area (Å²) in [4.78, 5) is 32.6. The van der Waals surface area contributed by atoms with Crippen molar-refractivity contribution in [3.8, 4) is 0 Å². The SMILES string of the molecule is C=C(N[C@H](C(=O)O)C(C)(C)CC)C(NC(=O)c1cnccn1)C1CCCCC1. The van der Waals surface area contributed by atoms with E-state index in [-0.39, 0.29) is 23.6 Å². The van der Waals surface area contributed by atoms with Crippen molar-refractivity contribution in [2.24, 2.45) is 11.3 Å². The number of carbonyl (C=O) groups is 2. The molecular formula is C21H32N4O3. The predicted molar refractivity (Wildman–Crippen MR) is 108 cm³/mol. The van der Waals surface area contributed by atoms with Crippen LogP contribution in [0.3, 0.4) is 0 Å². The molecule has 1 aromatic rings. The van der Waals surface area contributed by atoms with E-state index < -0.39 is 17.4 Å². The van der Waals surface area contributed by atoms with Crippen LogP contribution in [0.25, 0.3) is 0 Å². The minimum absolute atomic E-state index is 0.216. The van der Waals surface area contributed by atoms with Gasteiger partial charge in [0.25, 0.3) is 5.91 Å². The van der Waals surface area contributed by atoms with Crippen molar-refractivity contribution >= 4 is 11.9 Å². The Labute approximate surface area is 167 Å². The van der Waals surface area contributed by atoms with E-state index in [1.54, 1.807) is 0 Å². The van der Waals surface area contributed by atoms with E-state index in [9.17, 15) is 14.7 Å². The van der Waals surface area contributed by atoms with E-state index in [1.165, 1.54) is 25.0 Å². The normalized spacial score (nSPS) is 17.4. The maximum atomic E-state index is 12.7. The molecule has 3 N–H and O–H groups in total. The van der Waals surface area contributed by atoms with Gasteiger partial charge in [0.15, 0.2) is 0 Å². The van der Waals surface area contributed by atoms with E-state index in [1.807, 2.05) is 20.8 Å². The van der Waals surface area contributed by atoms with Crippen LogP contribution in [0.2, 0.25) is 0 Å². The number of aliphatic carboxylic acids is 1. The van der Waals surface area contributed by atoms with Gasteiger partial charge < -0.3 is 15.7 Å². The minimum atomic E-state index is -0.921. The molecule has 7 nitrogen and oxygen atoms in total. The summed E-state index contributed by atoms with van der Waals surface area (Å²) in [6, 6.07) is -1.14. The molecule has 1 amide bonds. The number of carboxylic acids is 1. The summed E-state index contributed by atoms with van der Waals surface area (Å²) < 4.78 is 0. The van der Waals surface area contributed by atoms with Crippen molar-refractivity contribution in [3.05, 3.63) is 36.6 Å². The number of carboxylic acid groups (broad SMARTS) is 1. The summed E-state index contributed by atoms with van der Waals surface area (Å²) >= 11 is 0. The van der Waals surface area contributed by atoms with Crippen LogP contribution in [0.15, 0.2) is 30.9 Å². The molecule has 2 atom stereocenters. The highest BCUT2D eigenvalue weighted by Crippen LogP contribution is 2.31. The molecule has 0 spiro atoms. The molecule has 0 aliphatic heterocycles. The van der Waals surface area contributed by atoms with Crippen LogP contribution < -0.4 is 10.6 Å². The van der Waals surface area contributed by atoms with Gasteiger partial charge in [0, 0.05) is 18.1 Å². The van der Waals surface area contributed by atoms with E-state index >= 15 is 0 Å². The molecule has 1 saturated carbocycles. The first-order valence-corrected chi connectivity index (χ1v) is 10.0. The highest BCUT2D eigenvalue weighted by atomic mass is 16.4. The van der Waals surface area contributed by atoms with Gasteiger partial charge in [-0.3, -0.25) is 9.78 Å². The van der Waals surface area contributed by atoms with Gasteiger partial charge in [-0.05, 0) is 30.6 Å². The molecule has 1 unspecified atom stereocenters. The van der Waals surface area contributed by atoms with Crippen LogP contribution >= 0.6 is 0 Å². The van der Waals surface area contributed by atoms with Gasteiger partial charge in [0.2, 0.25) is 0 Å². The van der Waals surface area contributed by atoms with Crippen LogP contribution in [-0.4, -0.2) is 39.0 Å². The summed E-state index contributed by atoms with van der Waals surface area (Å²) in [7, 11) is 0. The summed E-state index contributed by atoms with van der Waals surface area (Å²) in [5.41, 5.74) is 0.318. The Hall–Kier alpha value is -2.44. The fourth-order valence-electron chi connectivity index (χ4n) is 3.66. The summed E-state index contributed by atoms with van der Waals surface area (Å²) in [5, 5.41) is 15.9. The number of carbonyl (C=O) groups excluding carboxylic acids is 1. The summed E-state index contributed by atoms with van der Waals surface area (Å²) in [6.45, 7) is 9.92. The predicted octanol–water partition coefficient (Wildman–Crippen LogP) is 3.15. The molecule has 1 aliphatic carbocycles. The first-order chi connectivity index (χ1) is 13.3. The molecule has 0 radical (unpaired) electrons. The maximum absolute atomic E-state index is 12.7. The first-order valence-electron chi connectivity index (χ1n) is 10.0. The topological polar surface area (TPSA) is 104 Å². The van der Waals surface area contributed by atoms with E-state index in [0.717, 1.165) is 25.7 Å². The lowest BCUT2D eigenvalue weighted by Crippen LogP contribution is -2.53. The Morgan fingerprint density at radius 3 is 2.46 bits per heavy atom. The molecular weight excluding hydrogens is 356 g/mol. The standard InChI is InChI=1S/C21H32N4O3/c1-5-21(3,4)18(20(27)28)24-14(2)17(15-9-7-6-8-10-15)25-19(26)16-13-22-11-12-23-16/h11-13,15,17-18,24H,2,5-10H2,1,3-4H3,(H,25,26)(H,27,28)/t17?,18-/m1/s1. The Morgan fingerprint density at radius 2 is 1.93 bits per heavy atom. The number of hydrogen-bond acceptors (Lipinski definition) is 5. The molecule has 28 heavy (non-hydrogen) atoms. The monoisotopic (exact) mass is 388 g/mol. The zero-order valence-electron chi connectivity index (χ0n) is 17.1. The molecule has 7 heteroatoms. The molecule has 0 bridgehead atoms. The van der Waals surface area contributed by atoms with Crippen LogP contribution in [0.5, 0.6) is 0 Å². The van der Waals surface area contributed by atoms with Crippen molar-refractivity contribution in [2.75, 3.05) is 0 Å². The number of rotatable bonds is 9. The third-order valence-electron chi connectivity index (χ3n) is 5.85. The fourth-order valence-corrected chi connectivity index (χ4v) is 3.66. The molecule has 1 fully saturated rings. The van der Waals surface area contributed by atoms with Crippen LogP contribution in [0.1, 0.15) is 69.8 Å². The lowest BCUT2D eigenvalue weighted by Gasteiger charge is -2.37. The zero-order valence-corrected chi connectivity index (χ0v) is 17.1. The van der Waals surface area contributed by atoms with Gasteiger partial charge in [-0.15, -0.1) is 0 Å². The molecule has 0 saturated heterocycles. The Balaban J connectivity index is 2.21. The van der Waals surface area contributed by atoms with Crippen molar-refractivity contribution in [1.82, 2.24) is 20.6 Å². The van der Waals surface area contributed by atoms with E-state index in [2.05, 4.69) is 27.2 Å². The van der Waals surface area contributed by atoms with Crippen molar-refractivity contribution < 1.29 is 14.7 Å². The van der Waals surface area contributed by atoms with Crippen molar-refractivity contribution in [3.63, 3.8) is 0 Å². The quantitative estimate of drug-likeness (QED) is 0.600. The van der Waals surface area contributed by atoms with Crippen LogP contribution in [0, 0.1) is 11.3 Å². The minimum Gasteiger partial charge on any atom is -0.480 e. The number of nitrogens with one attached hydrogen (secondary N) is 2. The average Bonchev–Trinajstić information content (AvgIpc) is 2.70. The van der Waals surface area contributed by atoms with Gasteiger partial charge in [-0.1, -0.05) is 46.6 Å². The van der Waals surface area contributed by atoms with Crippen molar-refractivity contribution in [2.45, 2.75) is 71.4 Å². The third-order valence-corrected chi connectivity index (χ3v) is 5.85. The highest BCUT2D eigenvalue weighted by Gasteiger charge is 2.36. The second kappa shape index (κ2) is 9.66. The molecule has 0 aromatic carbocycles. The van der Waals surface area contributed by atoms with Gasteiger partial charge in [0.05, 0.1) is 12.2 Å².